The second kappa shape index (κ2) is 5.92. The van der Waals surface area contributed by atoms with Gasteiger partial charge in [-0.2, -0.15) is 0 Å². The molecule has 0 radical (unpaired) electrons. The number of carboxylic acid groups (broad SMARTS) is 1. The summed E-state index contributed by atoms with van der Waals surface area (Å²) in [5.41, 5.74) is 0.186. The predicted octanol–water partition coefficient (Wildman–Crippen LogP) is 0.771. The van der Waals surface area contributed by atoms with Gasteiger partial charge in [-0.25, -0.2) is 12.8 Å². The van der Waals surface area contributed by atoms with Gasteiger partial charge in [0.15, 0.2) is 0 Å². The zero-order valence-electron chi connectivity index (χ0n) is 10.8. The number of hydrogen-bond acceptors (Lipinski definition) is 4. The van der Waals surface area contributed by atoms with Crippen molar-refractivity contribution in [3.63, 3.8) is 0 Å². The molecular formula is C14H11FNO4S-. The minimum atomic E-state index is -4.12. The molecule has 0 saturated carbocycles. The molecule has 0 aromatic heterocycles. The Morgan fingerprint density at radius 1 is 1.05 bits per heavy atom. The maximum atomic E-state index is 12.9. The van der Waals surface area contributed by atoms with Crippen molar-refractivity contribution in [2.24, 2.45) is 0 Å². The molecule has 21 heavy (non-hydrogen) atoms. The molecule has 0 N–H and O–H groups in total. The van der Waals surface area contributed by atoms with E-state index in [1.165, 1.54) is 12.1 Å². The monoisotopic (exact) mass is 308 g/mol. The largest absolute Gasteiger partial charge is 0.548 e. The molecule has 0 unspecified atom stereocenters. The van der Waals surface area contributed by atoms with Crippen LogP contribution in [-0.2, 0) is 14.8 Å². The van der Waals surface area contributed by atoms with E-state index in [9.17, 15) is 22.7 Å². The van der Waals surface area contributed by atoms with Gasteiger partial charge in [-0.1, -0.05) is 18.2 Å². The van der Waals surface area contributed by atoms with Crippen LogP contribution in [0.3, 0.4) is 0 Å². The molecule has 0 aliphatic heterocycles. The molecule has 0 fully saturated rings. The zero-order chi connectivity index (χ0) is 15.5. The molecule has 0 atom stereocenters. The van der Waals surface area contributed by atoms with Crippen LogP contribution in [0.25, 0.3) is 0 Å². The topological polar surface area (TPSA) is 77.5 Å². The summed E-state index contributed by atoms with van der Waals surface area (Å²) in [6.07, 6.45) is 0. The number of carbonyl (C=O) groups is 1. The van der Waals surface area contributed by atoms with E-state index in [4.69, 9.17) is 0 Å². The van der Waals surface area contributed by atoms with Crippen LogP contribution in [0.1, 0.15) is 0 Å². The van der Waals surface area contributed by atoms with Gasteiger partial charge in [0, 0.05) is 0 Å². The summed E-state index contributed by atoms with van der Waals surface area (Å²) in [7, 11) is -4.12. The maximum absolute atomic E-state index is 12.9. The van der Waals surface area contributed by atoms with Gasteiger partial charge in [0.25, 0.3) is 10.0 Å². The van der Waals surface area contributed by atoms with Crippen LogP contribution in [0, 0.1) is 5.82 Å². The first kappa shape index (κ1) is 15.0. The zero-order valence-corrected chi connectivity index (χ0v) is 11.6. The smallest absolute Gasteiger partial charge is 0.264 e. The van der Waals surface area contributed by atoms with E-state index >= 15 is 0 Å². The van der Waals surface area contributed by atoms with Gasteiger partial charge in [-0.3, -0.25) is 4.31 Å². The Kier molecular flexibility index (Phi) is 4.23. The van der Waals surface area contributed by atoms with E-state index < -0.39 is 28.4 Å². The highest BCUT2D eigenvalue weighted by Gasteiger charge is 2.24. The molecular weight excluding hydrogens is 297 g/mol. The molecule has 2 rings (SSSR count). The quantitative estimate of drug-likeness (QED) is 0.817. The van der Waals surface area contributed by atoms with Gasteiger partial charge in [0.1, 0.15) is 5.82 Å². The summed E-state index contributed by atoms with van der Waals surface area (Å²) in [6, 6.07) is 11.9. The Balaban J connectivity index is 2.49. The van der Waals surface area contributed by atoms with Crippen LogP contribution < -0.4 is 9.41 Å². The first-order valence-corrected chi connectivity index (χ1v) is 7.38. The van der Waals surface area contributed by atoms with Gasteiger partial charge in [0.05, 0.1) is 23.1 Å². The number of carboxylic acids is 1. The van der Waals surface area contributed by atoms with Gasteiger partial charge in [-0.15, -0.1) is 0 Å². The molecule has 2 aromatic rings. The molecule has 0 heterocycles. The highest BCUT2D eigenvalue weighted by atomic mass is 32.2. The van der Waals surface area contributed by atoms with E-state index in [1.807, 2.05) is 0 Å². The van der Waals surface area contributed by atoms with Gasteiger partial charge in [-0.05, 0) is 36.4 Å². The van der Waals surface area contributed by atoms with Crippen molar-refractivity contribution in [3.8, 4) is 0 Å². The van der Waals surface area contributed by atoms with Gasteiger partial charge < -0.3 is 9.90 Å². The van der Waals surface area contributed by atoms with Crippen LogP contribution in [0.15, 0.2) is 59.5 Å². The predicted molar refractivity (Wildman–Crippen MR) is 72.4 cm³/mol. The highest BCUT2D eigenvalue weighted by Crippen LogP contribution is 2.23. The van der Waals surface area contributed by atoms with E-state index in [-0.39, 0.29) is 10.6 Å². The standard InChI is InChI=1S/C14H12FNO4S/c15-11-6-8-13(9-7-11)21(19,20)16(10-14(17)18)12-4-2-1-3-5-12/h1-9H,10H2,(H,17,18)/p-1. The summed E-state index contributed by atoms with van der Waals surface area (Å²) in [4.78, 5) is 10.6. The molecule has 0 aliphatic carbocycles. The summed E-state index contributed by atoms with van der Waals surface area (Å²) in [5, 5.41) is 10.8. The van der Waals surface area contributed by atoms with Crippen LogP contribution in [0.2, 0.25) is 0 Å². The Labute approximate surface area is 121 Å². The Morgan fingerprint density at radius 2 is 1.62 bits per heavy atom. The molecule has 5 nitrogen and oxygen atoms in total. The first-order valence-electron chi connectivity index (χ1n) is 5.94. The van der Waals surface area contributed by atoms with Crippen LogP contribution >= 0.6 is 0 Å². The molecule has 0 aliphatic rings. The van der Waals surface area contributed by atoms with Crippen molar-refractivity contribution < 1.29 is 22.7 Å². The summed E-state index contributed by atoms with van der Waals surface area (Å²) < 4.78 is 38.6. The third-order valence-corrected chi connectivity index (χ3v) is 4.51. The normalized spacial score (nSPS) is 11.1. The fourth-order valence-corrected chi connectivity index (χ4v) is 3.17. The van der Waals surface area contributed by atoms with Gasteiger partial charge in [0.2, 0.25) is 0 Å². The number of benzene rings is 2. The number of anilines is 1. The molecule has 0 bridgehead atoms. The lowest BCUT2D eigenvalue weighted by Gasteiger charge is -2.24. The Bertz CT molecular complexity index is 729. The molecule has 0 amide bonds. The molecule has 0 spiro atoms. The van der Waals surface area contributed by atoms with Crippen molar-refractivity contribution in [1.82, 2.24) is 0 Å². The SMILES string of the molecule is O=C([O-])CN(c1ccccc1)S(=O)(=O)c1ccc(F)cc1. The molecule has 7 heteroatoms. The van der Waals surface area contributed by atoms with Crippen LogP contribution in [0.4, 0.5) is 10.1 Å². The second-order valence-electron chi connectivity index (χ2n) is 4.17. The summed E-state index contributed by atoms with van der Waals surface area (Å²) in [6.45, 7) is -0.830. The lowest BCUT2D eigenvalue weighted by Crippen LogP contribution is -2.41. The maximum Gasteiger partial charge on any atom is 0.264 e. The third kappa shape index (κ3) is 3.38. The van der Waals surface area contributed by atoms with E-state index in [2.05, 4.69) is 0 Å². The van der Waals surface area contributed by atoms with E-state index in [0.717, 1.165) is 24.3 Å². The van der Waals surface area contributed by atoms with Crippen molar-refractivity contribution in [1.29, 1.82) is 0 Å². The lowest BCUT2D eigenvalue weighted by atomic mass is 10.3. The third-order valence-electron chi connectivity index (χ3n) is 2.72. The van der Waals surface area contributed by atoms with Crippen LogP contribution in [-0.4, -0.2) is 20.9 Å². The number of aliphatic carboxylic acids is 1. The van der Waals surface area contributed by atoms with E-state index in [1.54, 1.807) is 18.2 Å². The second-order valence-corrected chi connectivity index (χ2v) is 6.04. The van der Waals surface area contributed by atoms with Crippen molar-refractivity contribution in [2.75, 3.05) is 10.8 Å². The van der Waals surface area contributed by atoms with E-state index in [0.29, 0.717) is 4.31 Å². The summed E-state index contributed by atoms with van der Waals surface area (Å²) in [5.74, 6) is -2.12. The number of nitrogens with zero attached hydrogens (tertiary/aromatic N) is 1. The van der Waals surface area contributed by atoms with Crippen LogP contribution in [0.5, 0.6) is 0 Å². The number of para-hydroxylation sites is 1. The highest BCUT2D eigenvalue weighted by molar-refractivity contribution is 7.92. The molecule has 2 aromatic carbocycles. The number of sulfonamides is 1. The molecule has 110 valence electrons. The van der Waals surface area contributed by atoms with Crippen molar-refractivity contribution in [2.45, 2.75) is 4.90 Å². The van der Waals surface area contributed by atoms with Crippen molar-refractivity contribution in [3.05, 3.63) is 60.4 Å². The lowest BCUT2D eigenvalue weighted by molar-refractivity contribution is -0.303. The average molecular weight is 308 g/mol. The number of hydrogen-bond donors (Lipinski definition) is 0. The average Bonchev–Trinajstić information content (AvgIpc) is 2.46. The Morgan fingerprint density at radius 3 is 2.14 bits per heavy atom. The minimum Gasteiger partial charge on any atom is -0.548 e. The fraction of sp³-hybridized carbons (Fsp3) is 0.0714. The molecule has 0 saturated heterocycles. The van der Waals surface area contributed by atoms with Crippen molar-refractivity contribution >= 4 is 21.7 Å². The minimum absolute atomic E-state index is 0.186. The first-order chi connectivity index (χ1) is 9.91. The number of rotatable bonds is 5. The summed E-state index contributed by atoms with van der Waals surface area (Å²) >= 11 is 0. The van der Waals surface area contributed by atoms with Gasteiger partial charge >= 0.3 is 0 Å². The number of carbonyl (C=O) groups excluding carboxylic acids is 1. The number of halogens is 1. The fourth-order valence-electron chi connectivity index (χ4n) is 1.76. The Hall–Kier alpha value is -2.41.